The van der Waals surface area contributed by atoms with Gasteiger partial charge < -0.3 is 5.11 Å². The molecule has 1 N–H and O–H groups in total. The summed E-state index contributed by atoms with van der Waals surface area (Å²) in [5.41, 5.74) is 2.33. The first kappa shape index (κ1) is 13.3. The van der Waals surface area contributed by atoms with Crippen LogP contribution in [0.2, 0.25) is 0 Å². The smallest absolute Gasteiger partial charge is 0.0646 e. The molecular formula is C16H17BrO. The SMILES string of the molecule is CC(c1ccccc1)C(O)Cc1cccc(Br)c1. The molecule has 0 fully saturated rings. The summed E-state index contributed by atoms with van der Waals surface area (Å²) in [6.45, 7) is 2.07. The van der Waals surface area contributed by atoms with Crippen molar-refractivity contribution in [3.63, 3.8) is 0 Å². The zero-order valence-corrected chi connectivity index (χ0v) is 12.0. The second kappa shape index (κ2) is 6.17. The van der Waals surface area contributed by atoms with Gasteiger partial charge in [0.25, 0.3) is 0 Å². The Kier molecular flexibility index (Phi) is 4.56. The van der Waals surface area contributed by atoms with Gasteiger partial charge in [-0.1, -0.05) is 65.3 Å². The predicted molar refractivity (Wildman–Crippen MR) is 78.7 cm³/mol. The number of rotatable bonds is 4. The van der Waals surface area contributed by atoms with E-state index < -0.39 is 0 Å². The van der Waals surface area contributed by atoms with Gasteiger partial charge in [0.05, 0.1) is 6.10 Å². The zero-order valence-electron chi connectivity index (χ0n) is 10.4. The minimum Gasteiger partial charge on any atom is -0.392 e. The summed E-state index contributed by atoms with van der Waals surface area (Å²) in [6, 6.07) is 18.2. The zero-order chi connectivity index (χ0) is 13.0. The topological polar surface area (TPSA) is 20.2 Å². The second-order valence-electron chi connectivity index (χ2n) is 4.60. The normalized spacial score (nSPS) is 14.2. The van der Waals surface area contributed by atoms with Crippen LogP contribution in [0.4, 0.5) is 0 Å². The Labute approximate surface area is 117 Å². The predicted octanol–water partition coefficient (Wildman–Crippen LogP) is 4.16. The fourth-order valence-corrected chi connectivity index (χ4v) is 2.51. The lowest BCUT2D eigenvalue weighted by atomic mass is 9.91. The molecule has 0 radical (unpaired) electrons. The molecule has 0 aliphatic carbocycles. The molecule has 94 valence electrons. The van der Waals surface area contributed by atoms with Crippen LogP contribution in [0.3, 0.4) is 0 Å². The summed E-state index contributed by atoms with van der Waals surface area (Å²) in [7, 11) is 0. The van der Waals surface area contributed by atoms with E-state index >= 15 is 0 Å². The highest BCUT2D eigenvalue weighted by atomic mass is 79.9. The molecule has 2 aromatic carbocycles. The molecule has 0 spiro atoms. The average molecular weight is 305 g/mol. The van der Waals surface area contributed by atoms with Gasteiger partial charge in [0.1, 0.15) is 0 Å². The lowest BCUT2D eigenvalue weighted by Gasteiger charge is -2.19. The fourth-order valence-electron chi connectivity index (χ4n) is 2.06. The van der Waals surface area contributed by atoms with Gasteiger partial charge in [-0.3, -0.25) is 0 Å². The quantitative estimate of drug-likeness (QED) is 0.899. The van der Waals surface area contributed by atoms with Crippen molar-refractivity contribution in [1.82, 2.24) is 0 Å². The van der Waals surface area contributed by atoms with Crippen LogP contribution in [0, 0.1) is 0 Å². The molecule has 0 aliphatic rings. The molecule has 2 heteroatoms. The first-order valence-electron chi connectivity index (χ1n) is 6.14. The third kappa shape index (κ3) is 3.44. The molecule has 0 amide bonds. The minimum atomic E-state index is -0.360. The Hall–Kier alpha value is -1.12. The molecule has 0 aromatic heterocycles. The molecule has 2 unspecified atom stereocenters. The Bertz CT molecular complexity index is 495. The van der Waals surface area contributed by atoms with Gasteiger partial charge >= 0.3 is 0 Å². The van der Waals surface area contributed by atoms with Crippen LogP contribution in [0.1, 0.15) is 24.0 Å². The third-order valence-corrected chi connectivity index (χ3v) is 3.73. The molecule has 0 saturated heterocycles. The lowest BCUT2D eigenvalue weighted by molar-refractivity contribution is 0.149. The summed E-state index contributed by atoms with van der Waals surface area (Å²) in [4.78, 5) is 0. The van der Waals surface area contributed by atoms with Crippen LogP contribution in [-0.2, 0) is 6.42 Å². The van der Waals surface area contributed by atoms with Crippen LogP contribution in [-0.4, -0.2) is 11.2 Å². The standard InChI is InChI=1S/C16H17BrO/c1-12(14-7-3-2-4-8-14)16(18)11-13-6-5-9-15(17)10-13/h2-10,12,16,18H,11H2,1H3. The Morgan fingerprint density at radius 2 is 1.78 bits per heavy atom. The van der Waals surface area contributed by atoms with E-state index in [0.29, 0.717) is 6.42 Å². The number of halogens is 1. The molecule has 2 rings (SSSR count). The van der Waals surface area contributed by atoms with Gasteiger partial charge in [-0.25, -0.2) is 0 Å². The first-order valence-corrected chi connectivity index (χ1v) is 6.93. The van der Waals surface area contributed by atoms with Gasteiger partial charge in [0.2, 0.25) is 0 Å². The summed E-state index contributed by atoms with van der Waals surface area (Å²) >= 11 is 3.45. The second-order valence-corrected chi connectivity index (χ2v) is 5.52. The van der Waals surface area contributed by atoms with E-state index in [1.165, 1.54) is 5.56 Å². The van der Waals surface area contributed by atoms with E-state index in [1.54, 1.807) is 0 Å². The highest BCUT2D eigenvalue weighted by Crippen LogP contribution is 2.22. The minimum absolute atomic E-state index is 0.144. The molecule has 0 heterocycles. The number of hydrogen-bond acceptors (Lipinski definition) is 1. The molecule has 1 nitrogen and oxygen atoms in total. The third-order valence-electron chi connectivity index (χ3n) is 3.24. The highest BCUT2D eigenvalue weighted by Gasteiger charge is 2.16. The Balaban J connectivity index is 2.06. The summed E-state index contributed by atoms with van der Waals surface area (Å²) in [5, 5.41) is 10.3. The number of aliphatic hydroxyl groups excluding tert-OH is 1. The number of hydrogen-bond donors (Lipinski definition) is 1. The van der Waals surface area contributed by atoms with E-state index in [0.717, 1.165) is 10.0 Å². The van der Waals surface area contributed by atoms with Crippen molar-refractivity contribution in [2.75, 3.05) is 0 Å². The van der Waals surface area contributed by atoms with Gasteiger partial charge in [0, 0.05) is 10.4 Å². The van der Waals surface area contributed by atoms with Crippen molar-refractivity contribution >= 4 is 15.9 Å². The maximum Gasteiger partial charge on any atom is 0.0646 e. The monoisotopic (exact) mass is 304 g/mol. The molecule has 0 bridgehead atoms. The number of aliphatic hydroxyl groups is 1. The van der Waals surface area contributed by atoms with E-state index in [4.69, 9.17) is 0 Å². The average Bonchev–Trinajstić information content (AvgIpc) is 2.39. The van der Waals surface area contributed by atoms with Crippen LogP contribution in [0.15, 0.2) is 59.1 Å². The Morgan fingerprint density at radius 1 is 1.06 bits per heavy atom. The van der Waals surface area contributed by atoms with Crippen LogP contribution in [0.5, 0.6) is 0 Å². The van der Waals surface area contributed by atoms with Gasteiger partial charge in [-0.05, 0) is 29.7 Å². The summed E-state index contributed by atoms with van der Waals surface area (Å²) in [6.07, 6.45) is 0.317. The lowest BCUT2D eigenvalue weighted by Crippen LogP contribution is -2.18. The van der Waals surface area contributed by atoms with Gasteiger partial charge in [-0.2, -0.15) is 0 Å². The van der Waals surface area contributed by atoms with Gasteiger partial charge in [-0.15, -0.1) is 0 Å². The van der Waals surface area contributed by atoms with Crippen LogP contribution in [0.25, 0.3) is 0 Å². The summed E-state index contributed by atoms with van der Waals surface area (Å²) in [5.74, 6) is 0.144. The fraction of sp³-hybridized carbons (Fsp3) is 0.250. The van der Waals surface area contributed by atoms with E-state index in [9.17, 15) is 5.11 Å². The molecular weight excluding hydrogens is 288 g/mol. The van der Waals surface area contributed by atoms with Crippen LogP contribution < -0.4 is 0 Å². The van der Waals surface area contributed by atoms with Gasteiger partial charge in [0.15, 0.2) is 0 Å². The maximum atomic E-state index is 10.3. The largest absolute Gasteiger partial charge is 0.392 e. The van der Waals surface area contributed by atoms with Crippen molar-refractivity contribution in [3.8, 4) is 0 Å². The van der Waals surface area contributed by atoms with Crippen molar-refractivity contribution in [2.24, 2.45) is 0 Å². The van der Waals surface area contributed by atoms with E-state index in [1.807, 2.05) is 36.4 Å². The molecule has 2 atom stereocenters. The van der Waals surface area contributed by atoms with E-state index in [-0.39, 0.29) is 12.0 Å². The molecule has 0 saturated carbocycles. The first-order chi connectivity index (χ1) is 8.66. The highest BCUT2D eigenvalue weighted by molar-refractivity contribution is 9.10. The molecule has 2 aromatic rings. The number of benzene rings is 2. The maximum absolute atomic E-state index is 10.3. The molecule has 0 aliphatic heterocycles. The molecule has 18 heavy (non-hydrogen) atoms. The van der Waals surface area contributed by atoms with E-state index in [2.05, 4.69) is 41.1 Å². The van der Waals surface area contributed by atoms with Crippen LogP contribution >= 0.6 is 15.9 Å². The van der Waals surface area contributed by atoms with Crippen molar-refractivity contribution < 1.29 is 5.11 Å². The van der Waals surface area contributed by atoms with Crippen molar-refractivity contribution in [1.29, 1.82) is 0 Å². The Morgan fingerprint density at radius 3 is 2.44 bits per heavy atom. The van der Waals surface area contributed by atoms with Crippen molar-refractivity contribution in [2.45, 2.75) is 25.4 Å². The summed E-state index contributed by atoms with van der Waals surface area (Å²) < 4.78 is 1.06. The van der Waals surface area contributed by atoms with Crippen molar-refractivity contribution in [3.05, 3.63) is 70.2 Å².